The van der Waals surface area contributed by atoms with Gasteiger partial charge in [0.1, 0.15) is 0 Å². The number of Topliss-reactive ketones (excluding diaryl/α,β-unsaturated/α-hetero) is 1. The summed E-state index contributed by atoms with van der Waals surface area (Å²) < 4.78 is 7.19. The van der Waals surface area contributed by atoms with Crippen LogP contribution in [0.2, 0.25) is 0 Å². The maximum absolute atomic E-state index is 11.7. The van der Waals surface area contributed by atoms with Crippen LogP contribution in [0.15, 0.2) is 35.2 Å². The molecule has 1 atom stereocenters. The van der Waals surface area contributed by atoms with E-state index in [1.165, 1.54) is 0 Å². The average Bonchev–Trinajstić information content (AvgIpc) is 2.37. The molecule has 1 aromatic rings. The lowest BCUT2D eigenvalue weighted by molar-refractivity contribution is -0.160. The van der Waals surface area contributed by atoms with Crippen LogP contribution in [-0.4, -0.2) is 24.3 Å². The Morgan fingerprint density at radius 3 is 2.67 bits per heavy atom. The van der Waals surface area contributed by atoms with Crippen LogP contribution in [0.4, 0.5) is 0 Å². The third kappa shape index (κ3) is 2.89. The monoisotopic (exact) mass is 265 g/mol. The Labute approximate surface area is 108 Å². The summed E-state index contributed by atoms with van der Waals surface area (Å²) in [5.74, 6) is -3.11. The molecule has 1 N–H and O–H groups in total. The van der Waals surface area contributed by atoms with E-state index in [2.05, 4.69) is 4.72 Å². The first-order chi connectivity index (χ1) is 8.68. The lowest BCUT2D eigenvalue weighted by Crippen LogP contribution is -2.42. The summed E-state index contributed by atoms with van der Waals surface area (Å²) in [6, 6.07) is 9.13. The fourth-order valence-corrected chi connectivity index (χ4v) is 2.15. The number of amides is 1. The zero-order valence-electron chi connectivity index (χ0n) is 9.42. The van der Waals surface area contributed by atoms with E-state index < -0.39 is 23.6 Å². The Morgan fingerprint density at radius 2 is 2.00 bits per heavy atom. The lowest BCUT2D eigenvalue weighted by Gasteiger charge is -2.18. The molecule has 2 rings (SSSR count). The fourth-order valence-electron chi connectivity index (χ4n) is 1.52. The Bertz CT molecular complexity index is 458. The minimum atomic E-state index is -1.32. The van der Waals surface area contributed by atoms with Gasteiger partial charge in [-0.3, -0.25) is 19.1 Å². The van der Waals surface area contributed by atoms with Gasteiger partial charge in [0.15, 0.2) is 11.7 Å². The van der Waals surface area contributed by atoms with Gasteiger partial charge in [0, 0.05) is 11.3 Å². The molecule has 1 saturated heterocycles. The van der Waals surface area contributed by atoms with Crippen LogP contribution in [0, 0.1) is 5.92 Å². The summed E-state index contributed by atoms with van der Waals surface area (Å²) in [6.07, 6.45) is 0.0971. The Balaban J connectivity index is 1.95. The quantitative estimate of drug-likeness (QED) is 0.500. The van der Waals surface area contributed by atoms with E-state index in [0.29, 0.717) is 0 Å². The molecule has 6 heteroatoms. The highest BCUT2D eigenvalue weighted by atomic mass is 32.2. The van der Waals surface area contributed by atoms with Crippen LogP contribution in [0.5, 0.6) is 0 Å². The van der Waals surface area contributed by atoms with E-state index >= 15 is 0 Å². The first-order valence-corrected chi connectivity index (χ1v) is 6.21. The topological polar surface area (TPSA) is 72.5 Å². The third-order valence-electron chi connectivity index (χ3n) is 2.43. The lowest BCUT2D eigenvalue weighted by atomic mass is 9.99. The second-order valence-electron chi connectivity index (χ2n) is 3.70. The number of ketones is 1. The van der Waals surface area contributed by atoms with Crippen molar-refractivity contribution in [2.45, 2.75) is 11.3 Å². The van der Waals surface area contributed by atoms with E-state index in [1.807, 2.05) is 30.3 Å². The second-order valence-corrected chi connectivity index (χ2v) is 4.58. The predicted molar refractivity (Wildman–Crippen MR) is 64.5 cm³/mol. The normalized spacial score (nSPS) is 19.2. The molecular formula is C12H11NO4S. The fraction of sp³-hybridized carbons (Fsp3) is 0.250. The molecule has 0 radical (unpaired) electrons. The zero-order valence-corrected chi connectivity index (χ0v) is 10.2. The summed E-state index contributed by atoms with van der Waals surface area (Å²) in [6.45, 7) is 0.0628. The number of hydrogen-bond acceptors (Lipinski definition) is 5. The molecule has 1 fully saturated rings. The van der Waals surface area contributed by atoms with E-state index in [4.69, 9.17) is 4.74 Å². The highest BCUT2D eigenvalue weighted by molar-refractivity contribution is 7.98. The maximum Gasteiger partial charge on any atom is 0.326 e. The van der Waals surface area contributed by atoms with Gasteiger partial charge in [0.2, 0.25) is 0 Å². The van der Waals surface area contributed by atoms with Gasteiger partial charge in [-0.1, -0.05) is 18.2 Å². The molecule has 1 heterocycles. The van der Waals surface area contributed by atoms with Crippen molar-refractivity contribution >= 4 is 29.6 Å². The zero-order chi connectivity index (χ0) is 13.0. The SMILES string of the molecule is O=C1CCOC(=O)C1C(=O)NSc1ccccc1. The maximum atomic E-state index is 11.7. The Morgan fingerprint density at radius 1 is 1.28 bits per heavy atom. The van der Waals surface area contributed by atoms with Gasteiger partial charge < -0.3 is 4.74 Å². The van der Waals surface area contributed by atoms with Gasteiger partial charge in [-0.2, -0.15) is 0 Å². The molecule has 18 heavy (non-hydrogen) atoms. The van der Waals surface area contributed by atoms with Crippen molar-refractivity contribution < 1.29 is 19.1 Å². The molecule has 1 unspecified atom stereocenters. The molecule has 0 aliphatic carbocycles. The number of esters is 1. The highest BCUT2D eigenvalue weighted by Crippen LogP contribution is 2.17. The summed E-state index contributed by atoms with van der Waals surface area (Å²) in [5, 5.41) is 0. The highest BCUT2D eigenvalue weighted by Gasteiger charge is 2.38. The van der Waals surface area contributed by atoms with Crippen molar-refractivity contribution in [1.82, 2.24) is 4.72 Å². The number of nitrogens with one attached hydrogen (secondary N) is 1. The number of hydrogen-bond donors (Lipinski definition) is 1. The number of benzene rings is 1. The average molecular weight is 265 g/mol. The van der Waals surface area contributed by atoms with Gasteiger partial charge in [-0.15, -0.1) is 0 Å². The van der Waals surface area contributed by atoms with E-state index in [-0.39, 0.29) is 13.0 Å². The van der Waals surface area contributed by atoms with Crippen LogP contribution in [0.1, 0.15) is 6.42 Å². The van der Waals surface area contributed by atoms with Crippen LogP contribution >= 0.6 is 11.9 Å². The summed E-state index contributed by atoms with van der Waals surface area (Å²) in [5.41, 5.74) is 0. The molecule has 1 aliphatic heterocycles. The summed E-state index contributed by atoms with van der Waals surface area (Å²) in [7, 11) is 0. The molecular weight excluding hydrogens is 254 g/mol. The minimum Gasteiger partial charge on any atom is -0.464 e. The van der Waals surface area contributed by atoms with Crippen molar-refractivity contribution in [2.24, 2.45) is 5.92 Å². The number of cyclic esters (lactones) is 1. The van der Waals surface area contributed by atoms with Gasteiger partial charge in [-0.05, 0) is 24.1 Å². The van der Waals surface area contributed by atoms with Crippen molar-refractivity contribution in [2.75, 3.05) is 6.61 Å². The van der Waals surface area contributed by atoms with E-state index in [1.54, 1.807) is 0 Å². The molecule has 0 aromatic heterocycles. The minimum absolute atomic E-state index is 0.0628. The third-order valence-corrected chi connectivity index (χ3v) is 3.24. The Hall–Kier alpha value is -1.82. The van der Waals surface area contributed by atoms with E-state index in [0.717, 1.165) is 16.8 Å². The van der Waals surface area contributed by atoms with Crippen LogP contribution < -0.4 is 4.72 Å². The molecule has 5 nitrogen and oxygen atoms in total. The first kappa shape index (κ1) is 12.6. The van der Waals surface area contributed by atoms with Crippen LogP contribution in [0.25, 0.3) is 0 Å². The number of ether oxygens (including phenoxy) is 1. The van der Waals surface area contributed by atoms with Crippen molar-refractivity contribution in [3.05, 3.63) is 30.3 Å². The van der Waals surface area contributed by atoms with Crippen molar-refractivity contribution in [3.63, 3.8) is 0 Å². The van der Waals surface area contributed by atoms with Gasteiger partial charge >= 0.3 is 5.97 Å². The van der Waals surface area contributed by atoms with Crippen LogP contribution in [0.3, 0.4) is 0 Å². The second kappa shape index (κ2) is 5.68. The summed E-state index contributed by atoms with van der Waals surface area (Å²) in [4.78, 5) is 35.4. The molecule has 0 saturated carbocycles. The van der Waals surface area contributed by atoms with Gasteiger partial charge in [0.25, 0.3) is 5.91 Å². The molecule has 1 amide bonds. The molecule has 1 aromatic carbocycles. The molecule has 94 valence electrons. The van der Waals surface area contributed by atoms with Gasteiger partial charge in [0.05, 0.1) is 6.61 Å². The number of carbonyl (C=O) groups excluding carboxylic acids is 3. The van der Waals surface area contributed by atoms with Crippen molar-refractivity contribution in [3.8, 4) is 0 Å². The van der Waals surface area contributed by atoms with Crippen molar-refractivity contribution in [1.29, 1.82) is 0 Å². The smallest absolute Gasteiger partial charge is 0.326 e. The number of carbonyl (C=O) groups is 3. The largest absolute Gasteiger partial charge is 0.464 e. The standard InChI is InChI=1S/C12H11NO4S/c14-9-6-7-17-12(16)10(9)11(15)13-18-8-4-2-1-3-5-8/h1-5,10H,6-7H2,(H,13,15). The molecule has 1 aliphatic rings. The summed E-state index contributed by atoms with van der Waals surface area (Å²) >= 11 is 1.07. The first-order valence-electron chi connectivity index (χ1n) is 5.39. The Kier molecular flexibility index (Phi) is 3.99. The molecule has 0 spiro atoms. The number of rotatable bonds is 3. The van der Waals surface area contributed by atoms with Crippen LogP contribution in [-0.2, 0) is 19.1 Å². The van der Waals surface area contributed by atoms with E-state index in [9.17, 15) is 14.4 Å². The molecule has 0 bridgehead atoms. The predicted octanol–water partition coefficient (Wildman–Crippen LogP) is 0.942. The van der Waals surface area contributed by atoms with Gasteiger partial charge in [-0.25, -0.2) is 0 Å².